The SMILES string of the molecule is C=CC(=O)N1CC(n2nc(C#Cc3cc(OC)cc(OC)c3)c3c(N)ncnc32)CC1CO. The Bertz CT molecular complexity index is 1250. The molecule has 1 fully saturated rings. The number of nitrogen functional groups attached to an aromatic ring is 1. The van der Waals surface area contributed by atoms with Crippen LogP contribution in [-0.4, -0.2) is 69.1 Å². The van der Waals surface area contributed by atoms with Crippen molar-refractivity contribution in [3.05, 3.63) is 48.4 Å². The molecule has 1 amide bonds. The van der Waals surface area contributed by atoms with Crippen LogP contribution in [0.5, 0.6) is 11.5 Å². The predicted octanol–water partition coefficient (Wildman–Crippen LogP) is 1.15. The molecule has 0 spiro atoms. The highest BCUT2D eigenvalue weighted by molar-refractivity contribution is 5.91. The van der Waals surface area contributed by atoms with Crippen molar-refractivity contribution in [1.29, 1.82) is 0 Å². The smallest absolute Gasteiger partial charge is 0.246 e. The average molecular weight is 448 g/mol. The number of anilines is 1. The molecule has 33 heavy (non-hydrogen) atoms. The number of fused-ring (bicyclic) bond motifs is 1. The first-order valence-corrected chi connectivity index (χ1v) is 10.3. The van der Waals surface area contributed by atoms with E-state index >= 15 is 0 Å². The van der Waals surface area contributed by atoms with Crippen LogP contribution in [0.15, 0.2) is 37.2 Å². The van der Waals surface area contributed by atoms with Gasteiger partial charge in [-0.15, -0.1) is 0 Å². The van der Waals surface area contributed by atoms with E-state index in [0.29, 0.717) is 46.8 Å². The fourth-order valence-corrected chi connectivity index (χ4v) is 3.98. The fourth-order valence-electron chi connectivity index (χ4n) is 3.98. The Morgan fingerprint density at radius 2 is 2.00 bits per heavy atom. The molecule has 3 heterocycles. The van der Waals surface area contributed by atoms with Crippen LogP contribution in [0.3, 0.4) is 0 Å². The van der Waals surface area contributed by atoms with Crippen LogP contribution in [0.25, 0.3) is 11.0 Å². The molecule has 3 aromatic rings. The standard InChI is InChI=1S/C23H24N6O4/c1-4-20(31)28-11-15(9-16(28)12-30)29-23-21(22(24)25-13-26-23)19(27-29)6-5-14-7-17(32-2)10-18(8-14)33-3/h4,7-8,10,13,15-16,30H,1,9,11-12H2,2-3H3,(H2,24,25,26). The average Bonchev–Trinajstić information content (AvgIpc) is 3.44. The molecule has 10 nitrogen and oxygen atoms in total. The van der Waals surface area contributed by atoms with Gasteiger partial charge in [0.15, 0.2) is 5.65 Å². The molecule has 170 valence electrons. The van der Waals surface area contributed by atoms with E-state index in [1.54, 1.807) is 42.0 Å². The topological polar surface area (TPSA) is 129 Å². The van der Waals surface area contributed by atoms with E-state index in [1.165, 1.54) is 12.4 Å². The molecule has 10 heteroatoms. The van der Waals surface area contributed by atoms with Crippen LogP contribution < -0.4 is 15.2 Å². The summed E-state index contributed by atoms with van der Waals surface area (Å²) in [5.41, 5.74) is 7.76. The molecule has 2 unspecified atom stereocenters. The summed E-state index contributed by atoms with van der Waals surface area (Å²) in [5, 5.41) is 15.0. The van der Waals surface area contributed by atoms with Gasteiger partial charge in [-0.3, -0.25) is 4.79 Å². The lowest BCUT2D eigenvalue weighted by molar-refractivity contribution is -0.127. The fraction of sp³-hybridized carbons (Fsp3) is 0.304. The first kappa shape index (κ1) is 22.1. The normalized spacial score (nSPS) is 17.5. The number of aromatic nitrogens is 4. The summed E-state index contributed by atoms with van der Waals surface area (Å²) in [7, 11) is 3.14. The van der Waals surface area contributed by atoms with Gasteiger partial charge < -0.3 is 25.2 Å². The van der Waals surface area contributed by atoms with Crippen molar-refractivity contribution in [3.63, 3.8) is 0 Å². The van der Waals surface area contributed by atoms with E-state index in [2.05, 4.69) is 33.5 Å². The second kappa shape index (κ2) is 9.18. The minimum Gasteiger partial charge on any atom is -0.497 e. The van der Waals surface area contributed by atoms with Gasteiger partial charge in [-0.1, -0.05) is 12.5 Å². The lowest BCUT2D eigenvalue weighted by atomic mass is 10.2. The van der Waals surface area contributed by atoms with E-state index < -0.39 is 0 Å². The van der Waals surface area contributed by atoms with Crippen molar-refractivity contribution >= 4 is 22.8 Å². The monoisotopic (exact) mass is 448 g/mol. The van der Waals surface area contributed by atoms with Crippen molar-refractivity contribution < 1.29 is 19.4 Å². The number of aliphatic hydroxyl groups excluding tert-OH is 1. The van der Waals surface area contributed by atoms with Gasteiger partial charge in [-0.2, -0.15) is 5.10 Å². The molecular weight excluding hydrogens is 424 g/mol. The molecule has 1 saturated heterocycles. The maximum atomic E-state index is 12.2. The second-order valence-electron chi connectivity index (χ2n) is 7.52. The number of aliphatic hydroxyl groups is 1. The van der Waals surface area contributed by atoms with E-state index in [0.717, 1.165) is 0 Å². The van der Waals surface area contributed by atoms with Gasteiger partial charge in [0.25, 0.3) is 0 Å². The molecule has 0 bridgehead atoms. The van der Waals surface area contributed by atoms with Crippen molar-refractivity contribution in [2.45, 2.75) is 18.5 Å². The van der Waals surface area contributed by atoms with Crippen LogP contribution in [0.4, 0.5) is 5.82 Å². The van der Waals surface area contributed by atoms with Crippen molar-refractivity contribution in [2.75, 3.05) is 33.1 Å². The van der Waals surface area contributed by atoms with Crippen LogP contribution in [-0.2, 0) is 4.79 Å². The Morgan fingerprint density at radius 3 is 2.64 bits per heavy atom. The zero-order valence-corrected chi connectivity index (χ0v) is 18.4. The van der Waals surface area contributed by atoms with Gasteiger partial charge in [0.1, 0.15) is 29.3 Å². The predicted molar refractivity (Wildman–Crippen MR) is 122 cm³/mol. The maximum Gasteiger partial charge on any atom is 0.246 e. The molecule has 4 rings (SSSR count). The largest absolute Gasteiger partial charge is 0.497 e. The zero-order valence-electron chi connectivity index (χ0n) is 18.4. The van der Waals surface area contributed by atoms with Crippen LogP contribution in [0.2, 0.25) is 0 Å². The summed E-state index contributed by atoms with van der Waals surface area (Å²) in [6.07, 6.45) is 3.12. The first-order chi connectivity index (χ1) is 16.0. The highest BCUT2D eigenvalue weighted by atomic mass is 16.5. The molecule has 0 radical (unpaired) electrons. The van der Waals surface area contributed by atoms with Crippen molar-refractivity contribution in [3.8, 4) is 23.3 Å². The summed E-state index contributed by atoms with van der Waals surface area (Å²) >= 11 is 0. The number of amides is 1. The number of benzene rings is 1. The lowest BCUT2D eigenvalue weighted by Crippen LogP contribution is -2.36. The summed E-state index contributed by atoms with van der Waals surface area (Å²) in [6.45, 7) is 3.75. The Hall–Kier alpha value is -4.10. The number of hydrogen-bond acceptors (Lipinski definition) is 8. The minimum absolute atomic E-state index is 0.156. The van der Waals surface area contributed by atoms with Crippen molar-refractivity contribution in [2.24, 2.45) is 0 Å². The molecule has 0 saturated carbocycles. The molecule has 3 N–H and O–H groups in total. The number of methoxy groups -OCH3 is 2. The number of ether oxygens (including phenoxy) is 2. The van der Waals surface area contributed by atoms with Gasteiger partial charge >= 0.3 is 0 Å². The molecule has 1 aromatic carbocycles. The Kier molecular flexibility index (Phi) is 6.15. The van der Waals surface area contributed by atoms with Crippen molar-refractivity contribution in [1.82, 2.24) is 24.6 Å². The minimum atomic E-state index is -0.335. The molecule has 2 atom stereocenters. The number of rotatable bonds is 5. The summed E-state index contributed by atoms with van der Waals surface area (Å²) in [5.74, 6) is 7.39. The Balaban J connectivity index is 1.77. The number of carbonyl (C=O) groups excluding carboxylic acids is 1. The third-order valence-corrected chi connectivity index (χ3v) is 5.60. The van der Waals surface area contributed by atoms with Gasteiger partial charge in [0.05, 0.1) is 38.3 Å². The van der Waals surface area contributed by atoms with Gasteiger partial charge in [-0.25, -0.2) is 14.6 Å². The summed E-state index contributed by atoms with van der Waals surface area (Å²) < 4.78 is 12.3. The number of likely N-dealkylation sites (tertiary alicyclic amines) is 1. The highest BCUT2D eigenvalue weighted by Crippen LogP contribution is 2.31. The quantitative estimate of drug-likeness (QED) is 0.439. The second-order valence-corrected chi connectivity index (χ2v) is 7.52. The highest BCUT2D eigenvalue weighted by Gasteiger charge is 2.36. The van der Waals surface area contributed by atoms with E-state index in [-0.39, 0.29) is 30.4 Å². The molecular formula is C23H24N6O4. The summed E-state index contributed by atoms with van der Waals surface area (Å²) in [6, 6.07) is 4.79. The van der Waals surface area contributed by atoms with E-state index in [9.17, 15) is 9.90 Å². The third-order valence-electron chi connectivity index (χ3n) is 5.60. The molecule has 1 aliphatic rings. The third kappa shape index (κ3) is 4.18. The van der Waals surface area contributed by atoms with Crippen LogP contribution in [0, 0.1) is 11.8 Å². The Labute approximate surface area is 190 Å². The first-order valence-electron chi connectivity index (χ1n) is 10.3. The number of nitrogens with zero attached hydrogens (tertiary/aromatic N) is 5. The van der Waals surface area contributed by atoms with E-state index in [1.807, 2.05) is 0 Å². The van der Waals surface area contributed by atoms with Crippen LogP contribution in [0.1, 0.15) is 23.7 Å². The zero-order chi connectivity index (χ0) is 23.5. The number of hydrogen-bond donors (Lipinski definition) is 2. The van der Waals surface area contributed by atoms with Crippen LogP contribution >= 0.6 is 0 Å². The van der Waals surface area contributed by atoms with Gasteiger partial charge in [0.2, 0.25) is 5.91 Å². The Morgan fingerprint density at radius 1 is 1.27 bits per heavy atom. The lowest BCUT2D eigenvalue weighted by Gasteiger charge is -2.20. The van der Waals surface area contributed by atoms with Gasteiger partial charge in [0, 0.05) is 18.2 Å². The summed E-state index contributed by atoms with van der Waals surface area (Å²) in [4.78, 5) is 22.3. The van der Waals surface area contributed by atoms with Gasteiger partial charge in [-0.05, 0) is 30.6 Å². The maximum absolute atomic E-state index is 12.2. The number of nitrogens with two attached hydrogens (primary N) is 1. The van der Waals surface area contributed by atoms with E-state index in [4.69, 9.17) is 15.2 Å². The number of carbonyl (C=O) groups is 1. The molecule has 2 aromatic heterocycles. The molecule has 1 aliphatic heterocycles. The molecule has 0 aliphatic carbocycles.